The van der Waals surface area contributed by atoms with Crippen molar-refractivity contribution in [3.8, 4) is 0 Å². The van der Waals surface area contributed by atoms with Crippen molar-refractivity contribution >= 4 is 71.1 Å². The average Bonchev–Trinajstić information content (AvgIpc) is 3.44. The van der Waals surface area contributed by atoms with E-state index in [0.717, 1.165) is 0 Å². The molecule has 4 rings (SSSR count). The highest BCUT2D eigenvalue weighted by molar-refractivity contribution is 8.01. The number of esters is 2. The van der Waals surface area contributed by atoms with Crippen molar-refractivity contribution in [3.05, 3.63) is 53.0 Å². The normalized spacial score (nSPS) is 19.6. The van der Waals surface area contributed by atoms with Crippen LogP contribution in [0.5, 0.6) is 0 Å². The van der Waals surface area contributed by atoms with Gasteiger partial charge in [0.2, 0.25) is 12.2 Å². The van der Waals surface area contributed by atoms with Crippen molar-refractivity contribution in [2.45, 2.75) is 42.0 Å². The van der Waals surface area contributed by atoms with Crippen LogP contribution in [0, 0.1) is 0 Å². The second kappa shape index (κ2) is 14.4. The second-order valence-corrected chi connectivity index (χ2v) is 11.7. The molecule has 16 heteroatoms. The predicted molar refractivity (Wildman–Crippen MR) is 152 cm³/mol. The molecule has 12 nitrogen and oxygen atoms in total. The number of Topliss-reactive ketones (excluding diaryl/α,β-unsaturated/α-hetero) is 1. The zero-order chi connectivity index (χ0) is 28.1. The lowest BCUT2D eigenvalue weighted by atomic mass is 9.98. The van der Waals surface area contributed by atoms with E-state index in [1.54, 1.807) is 24.3 Å². The van der Waals surface area contributed by atoms with E-state index in [1.165, 1.54) is 60.1 Å². The Morgan fingerprint density at radius 1 is 1.30 bits per heavy atom. The van der Waals surface area contributed by atoms with E-state index >= 15 is 0 Å². The number of amides is 1. The zero-order valence-electron chi connectivity index (χ0n) is 21.5. The molecule has 1 amide bonds. The number of hydrogen-bond donors (Lipinski definition) is 3. The van der Waals surface area contributed by atoms with Crippen molar-refractivity contribution in [1.82, 2.24) is 19.6 Å². The number of β-lactam (4-membered cyclic amide) rings is 1. The van der Waals surface area contributed by atoms with Crippen molar-refractivity contribution in [2.24, 2.45) is 5.73 Å². The van der Waals surface area contributed by atoms with Crippen molar-refractivity contribution in [1.29, 1.82) is 0 Å². The molecule has 40 heavy (non-hydrogen) atoms. The molecule has 0 aliphatic carbocycles. The standard InChI is InChI=1S/C24H27N5O7S3.ClH/c1-12(30)35-13(2)36-23(34)20-14(10-38-24-27-11-28-39-24)9-37-22-19(21(33)29(20)22)26-8-18(32)16-6-4-3-5-15(16)17(31)7-25;/h3-6,11,13,18-19,22,26,32H,7-10,25H2,1-2H3;1H/t13?,18?,19?,22-;/m0./s1. The summed E-state index contributed by atoms with van der Waals surface area (Å²) in [7, 11) is 0. The number of carbonyl (C=O) groups excluding carboxylic acids is 4. The Morgan fingerprint density at radius 2 is 2.05 bits per heavy atom. The number of nitrogens with two attached hydrogens (primary N) is 1. The fourth-order valence-corrected chi connectivity index (χ4v) is 7.13. The summed E-state index contributed by atoms with van der Waals surface area (Å²) in [6, 6.07) is 5.96. The van der Waals surface area contributed by atoms with Gasteiger partial charge in [-0.2, -0.15) is 4.37 Å². The molecule has 2 aliphatic heterocycles. The molecule has 2 aromatic rings. The molecule has 1 saturated heterocycles. The number of benzene rings is 1. The lowest BCUT2D eigenvalue weighted by Crippen LogP contribution is -2.70. The molecule has 4 N–H and O–H groups in total. The van der Waals surface area contributed by atoms with E-state index in [1.807, 2.05) is 0 Å². The van der Waals surface area contributed by atoms with Gasteiger partial charge in [0.25, 0.3) is 0 Å². The minimum absolute atomic E-state index is 0. The van der Waals surface area contributed by atoms with Crippen LogP contribution in [0.1, 0.15) is 35.9 Å². The number of aliphatic hydroxyl groups is 1. The van der Waals surface area contributed by atoms with Gasteiger partial charge in [0.1, 0.15) is 23.4 Å². The van der Waals surface area contributed by atoms with Gasteiger partial charge in [0.15, 0.2) is 10.1 Å². The van der Waals surface area contributed by atoms with Gasteiger partial charge in [-0.25, -0.2) is 9.78 Å². The number of ether oxygens (including phenoxy) is 2. The largest absolute Gasteiger partial charge is 0.426 e. The lowest BCUT2D eigenvalue weighted by Gasteiger charge is -2.50. The van der Waals surface area contributed by atoms with Gasteiger partial charge < -0.3 is 25.6 Å². The minimum Gasteiger partial charge on any atom is -0.426 e. The number of ketones is 1. The molecule has 0 bridgehead atoms. The highest BCUT2D eigenvalue weighted by Gasteiger charge is 2.53. The summed E-state index contributed by atoms with van der Waals surface area (Å²) >= 11 is 4.08. The van der Waals surface area contributed by atoms with Crippen LogP contribution < -0.4 is 11.1 Å². The SMILES string of the molecule is CC(=O)OC(C)OC(=O)C1=C(CSc2ncns2)CS[C@H]2C(NCC(O)c3ccccc3C(=O)CN)C(=O)N12.Cl. The van der Waals surface area contributed by atoms with Crippen LogP contribution in [0.15, 0.2) is 46.2 Å². The van der Waals surface area contributed by atoms with E-state index in [9.17, 15) is 24.3 Å². The first-order chi connectivity index (χ1) is 18.7. The summed E-state index contributed by atoms with van der Waals surface area (Å²) in [4.78, 5) is 55.4. The summed E-state index contributed by atoms with van der Waals surface area (Å²) in [5.41, 5.74) is 7.03. The van der Waals surface area contributed by atoms with Gasteiger partial charge in [0.05, 0.1) is 12.6 Å². The van der Waals surface area contributed by atoms with Crippen molar-refractivity contribution in [2.75, 3.05) is 24.6 Å². The fraction of sp³-hybridized carbons (Fsp3) is 0.417. The summed E-state index contributed by atoms with van der Waals surface area (Å²) in [5.74, 6) is -1.21. The molecule has 2 aliphatic rings. The topological polar surface area (TPSA) is 174 Å². The summed E-state index contributed by atoms with van der Waals surface area (Å²) in [6.07, 6.45) is -0.753. The van der Waals surface area contributed by atoms with E-state index in [4.69, 9.17) is 15.2 Å². The smallest absolute Gasteiger partial charge is 0.358 e. The minimum atomic E-state index is -1.13. The van der Waals surface area contributed by atoms with Crippen LogP contribution in [0.4, 0.5) is 0 Å². The molecular formula is C24H28ClN5O7S3. The molecule has 1 fully saturated rings. The summed E-state index contributed by atoms with van der Waals surface area (Å²) < 4.78 is 14.9. The second-order valence-electron chi connectivity index (χ2n) is 8.56. The van der Waals surface area contributed by atoms with Crippen LogP contribution in [0.25, 0.3) is 0 Å². The molecule has 1 aromatic carbocycles. The number of fused-ring (bicyclic) bond motifs is 1. The molecule has 216 valence electrons. The molecule has 0 radical (unpaired) electrons. The Kier molecular flexibility index (Phi) is 11.5. The maximum absolute atomic E-state index is 13.3. The third-order valence-corrected chi connectivity index (χ3v) is 9.12. The molecule has 1 aromatic heterocycles. The van der Waals surface area contributed by atoms with Gasteiger partial charge in [-0.05, 0) is 22.7 Å². The Labute approximate surface area is 249 Å². The highest BCUT2D eigenvalue weighted by atomic mass is 35.5. The first-order valence-electron chi connectivity index (χ1n) is 11.9. The number of hydrogen-bond acceptors (Lipinski definition) is 14. The number of thioether (sulfide) groups is 2. The third-order valence-electron chi connectivity index (χ3n) is 5.89. The first-order valence-corrected chi connectivity index (χ1v) is 14.7. The Bertz CT molecular complexity index is 1280. The molecule has 4 atom stereocenters. The van der Waals surface area contributed by atoms with E-state index in [2.05, 4.69) is 14.7 Å². The molecule has 0 spiro atoms. The first kappa shape index (κ1) is 32.0. The van der Waals surface area contributed by atoms with Gasteiger partial charge in [-0.15, -0.1) is 24.2 Å². The molecule has 3 heterocycles. The Hall–Kier alpha value is -2.53. The van der Waals surface area contributed by atoms with Crippen LogP contribution in [-0.2, 0) is 23.9 Å². The number of nitrogens with one attached hydrogen (secondary N) is 1. The number of aliphatic hydroxyl groups excluding tert-OH is 1. The highest BCUT2D eigenvalue weighted by Crippen LogP contribution is 2.42. The Morgan fingerprint density at radius 3 is 2.73 bits per heavy atom. The van der Waals surface area contributed by atoms with Crippen LogP contribution in [0.3, 0.4) is 0 Å². The number of nitrogens with zero attached hydrogens (tertiary/aromatic N) is 3. The van der Waals surface area contributed by atoms with Gasteiger partial charge in [-0.3, -0.25) is 19.3 Å². The molecule has 3 unspecified atom stereocenters. The van der Waals surface area contributed by atoms with E-state index in [0.29, 0.717) is 32.5 Å². The van der Waals surface area contributed by atoms with E-state index < -0.39 is 35.7 Å². The van der Waals surface area contributed by atoms with Gasteiger partial charge in [0, 0.05) is 37.5 Å². The number of halogens is 1. The zero-order valence-corrected chi connectivity index (χ0v) is 24.7. The van der Waals surface area contributed by atoms with Crippen molar-refractivity contribution in [3.63, 3.8) is 0 Å². The third kappa shape index (κ3) is 7.21. The number of rotatable bonds is 12. The Balaban J connectivity index is 0.00000441. The maximum Gasteiger partial charge on any atom is 0.358 e. The predicted octanol–water partition coefficient (Wildman–Crippen LogP) is 1.51. The van der Waals surface area contributed by atoms with E-state index in [-0.39, 0.29) is 42.9 Å². The lowest BCUT2D eigenvalue weighted by molar-refractivity contribution is -0.182. The average molecular weight is 630 g/mol. The summed E-state index contributed by atoms with van der Waals surface area (Å²) in [6.45, 7) is 2.44. The van der Waals surface area contributed by atoms with Crippen LogP contribution >= 0.6 is 47.5 Å². The number of aromatic nitrogens is 2. The van der Waals surface area contributed by atoms with Gasteiger partial charge in [-0.1, -0.05) is 36.0 Å². The van der Waals surface area contributed by atoms with Crippen LogP contribution in [-0.4, -0.2) is 85.3 Å². The maximum atomic E-state index is 13.3. The fourth-order valence-electron chi connectivity index (χ4n) is 4.18. The number of carbonyl (C=O) groups is 4. The molecular weight excluding hydrogens is 602 g/mol. The van der Waals surface area contributed by atoms with Crippen molar-refractivity contribution < 1.29 is 33.8 Å². The monoisotopic (exact) mass is 629 g/mol. The quantitative estimate of drug-likeness (QED) is 0.101. The molecule has 0 saturated carbocycles. The van der Waals surface area contributed by atoms with Crippen LogP contribution in [0.2, 0.25) is 0 Å². The van der Waals surface area contributed by atoms with Gasteiger partial charge >= 0.3 is 11.9 Å². The summed E-state index contributed by atoms with van der Waals surface area (Å²) in [5, 5.41) is 13.4.